The van der Waals surface area contributed by atoms with Crippen LogP contribution < -0.4 is 10.6 Å². The minimum atomic E-state index is -0.336. The average molecular weight is 300 g/mol. The molecule has 1 amide bonds. The predicted molar refractivity (Wildman–Crippen MR) is 78.2 cm³/mol. The summed E-state index contributed by atoms with van der Waals surface area (Å²) in [5.41, 5.74) is 5.84. The lowest BCUT2D eigenvalue weighted by Gasteiger charge is -2.37. The third-order valence-corrected chi connectivity index (χ3v) is 4.42. The molecule has 2 unspecified atom stereocenters. The molecule has 1 aromatic heterocycles. The molecule has 1 aliphatic rings. The summed E-state index contributed by atoms with van der Waals surface area (Å²) in [6.07, 6.45) is -0.336. The molecule has 1 fully saturated rings. The van der Waals surface area contributed by atoms with Crippen LogP contribution in [0, 0.1) is 0 Å². The molecule has 2 atom stereocenters. The normalized spacial score (nSPS) is 22.9. The van der Waals surface area contributed by atoms with Crippen LogP contribution in [0.15, 0.2) is 0 Å². The summed E-state index contributed by atoms with van der Waals surface area (Å²) in [4.78, 5) is 20.7. The van der Waals surface area contributed by atoms with Gasteiger partial charge in [-0.25, -0.2) is 4.98 Å². The summed E-state index contributed by atoms with van der Waals surface area (Å²) >= 11 is 1.28. The van der Waals surface area contributed by atoms with Crippen molar-refractivity contribution in [3.05, 3.63) is 4.88 Å². The first-order valence-corrected chi connectivity index (χ1v) is 7.22. The highest BCUT2D eigenvalue weighted by molar-refractivity contribution is 7.18. The van der Waals surface area contributed by atoms with E-state index in [2.05, 4.69) is 4.98 Å². The molecule has 0 radical (unpaired) electrons. The van der Waals surface area contributed by atoms with E-state index in [-0.39, 0.29) is 30.5 Å². The lowest BCUT2D eigenvalue weighted by atomic mass is 10.2. The first-order chi connectivity index (χ1) is 9.43. The lowest BCUT2D eigenvalue weighted by molar-refractivity contribution is -0.0666. The van der Waals surface area contributed by atoms with Crippen molar-refractivity contribution < 1.29 is 14.6 Å². The first-order valence-electron chi connectivity index (χ1n) is 6.41. The summed E-state index contributed by atoms with van der Waals surface area (Å²) in [5, 5.41) is 9.87. The number of aliphatic hydroxyl groups is 1. The van der Waals surface area contributed by atoms with Crippen LogP contribution in [0.4, 0.5) is 10.9 Å². The maximum Gasteiger partial charge on any atom is 0.268 e. The van der Waals surface area contributed by atoms with Crippen molar-refractivity contribution in [2.45, 2.75) is 19.1 Å². The van der Waals surface area contributed by atoms with E-state index in [1.807, 2.05) is 25.9 Å². The van der Waals surface area contributed by atoms with Gasteiger partial charge in [0.25, 0.3) is 5.91 Å². The van der Waals surface area contributed by atoms with E-state index >= 15 is 0 Å². The Kier molecular flexibility index (Phi) is 4.46. The van der Waals surface area contributed by atoms with Gasteiger partial charge in [-0.1, -0.05) is 11.3 Å². The molecule has 0 aliphatic carbocycles. The number of anilines is 2. The molecule has 1 aliphatic heterocycles. The van der Waals surface area contributed by atoms with Gasteiger partial charge >= 0.3 is 0 Å². The monoisotopic (exact) mass is 300 g/mol. The van der Waals surface area contributed by atoms with Crippen molar-refractivity contribution in [2.75, 3.05) is 44.5 Å². The van der Waals surface area contributed by atoms with Crippen molar-refractivity contribution in [1.29, 1.82) is 0 Å². The van der Waals surface area contributed by atoms with Crippen molar-refractivity contribution in [2.24, 2.45) is 0 Å². The Morgan fingerprint density at radius 3 is 2.90 bits per heavy atom. The summed E-state index contributed by atoms with van der Waals surface area (Å²) < 4.78 is 5.43. The van der Waals surface area contributed by atoms with E-state index in [0.717, 1.165) is 0 Å². The Balaban J connectivity index is 2.21. The molecule has 8 heteroatoms. The molecule has 0 spiro atoms. The zero-order valence-corrected chi connectivity index (χ0v) is 12.7. The fraction of sp³-hybridized carbons (Fsp3) is 0.667. The number of carbonyl (C=O) groups is 1. The minimum Gasteiger partial charge on any atom is -0.394 e. The number of amides is 1. The number of thiazole rings is 1. The Hall–Kier alpha value is -1.38. The van der Waals surface area contributed by atoms with Gasteiger partial charge in [0, 0.05) is 20.6 Å². The van der Waals surface area contributed by atoms with Crippen molar-refractivity contribution >= 4 is 28.2 Å². The molecule has 1 aromatic rings. The molecule has 0 bridgehead atoms. The third kappa shape index (κ3) is 2.87. The second kappa shape index (κ2) is 5.94. The standard InChI is InChI=1S/C12H20N4O3S/c1-7-6-19-8(5-17)4-16(7)11(18)9-10(13)14-12(20-9)15(2)3/h7-8,17H,4-6,13H2,1-3H3. The third-order valence-electron chi connectivity index (χ3n) is 3.19. The molecule has 112 valence electrons. The molecule has 0 saturated carbocycles. The molecule has 2 heterocycles. The zero-order chi connectivity index (χ0) is 14.9. The van der Waals surface area contributed by atoms with Gasteiger partial charge in [-0.15, -0.1) is 0 Å². The lowest BCUT2D eigenvalue weighted by Crippen LogP contribution is -2.51. The van der Waals surface area contributed by atoms with E-state index < -0.39 is 0 Å². The minimum absolute atomic E-state index is 0.0467. The summed E-state index contributed by atoms with van der Waals surface area (Å²) in [6.45, 7) is 2.59. The second-order valence-electron chi connectivity index (χ2n) is 5.05. The molecule has 20 heavy (non-hydrogen) atoms. The molecule has 3 N–H and O–H groups in total. The van der Waals surface area contributed by atoms with Gasteiger partial charge in [-0.05, 0) is 6.92 Å². The van der Waals surface area contributed by atoms with Crippen LogP contribution in [0.3, 0.4) is 0 Å². The van der Waals surface area contributed by atoms with Crippen LogP contribution in [-0.4, -0.2) is 66.9 Å². The second-order valence-corrected chi connectivity index (χ2v) is 6.03. The van der Waals surface area contributed by atoms with Gasteiger partial charge in [-0.2, -0.15) is 0 Å². The number of nitrogen functional groups attached to an aromatic ring is 1. The number of aliphatic hydroxyl groups excluding tert-OH is 1. The quantitative estimate of drug-likeness (QED) is 0.817. The van der Waals surface area contributed by atoms with Crippen LogP contribution >= 0.6 is 11.3 Å². The number of nitrogens with two attached hydrogens (primary N) is 1. The number of rotatable bonds is 3. The van der Waals surface area contributed by atoms with Crippen LogP contribution in [-0.2, 0) is 4.74 Å². The van der Waals surface area contributed by atoms with E-state index in [9.17, 15) is 9.90 Å². The van der Waals surface area contributed by atoms with E-state index in [1.165, 1.54) is 11.3 Å². The predicted octanol–water partition coefficient (Wildman–Crippen LogP) is 0.0131. The summed E-state index contributed by atoms with van der Waals surface area (Å²) in [7, 11) is 3.71. The number of aromatic nitrogens is 1. The Labute approximate surface area is 121 Å². The van der Waals surface area contributed by atoms with Gasteiger partial charge in [0.1, 0.15) is 10.7 Å². The van der Waals surface area contributed by atoms with Crippen LogP contribution in [0.1, 0.15) is 16.6 Å². The van der Waals surface area contributed by atoms with E-state index in [0.29, 0.717) is 23.2 Å². The molecule has 1 saturated heterocycles. The van der Waals surface area contributed by atoms with Crippen molar-refractivity contribution in [1.82, 2.24) is 9.88 Å². The SMILES string of the molecule is CC1COC(CO)CN1C(=O)c1sc(N(C)C)nc1N. The van der Waals surface area contributed by atoms with E-state index in [1.54, 1.807) is 4.90 Å². The summed E-state index contributed by atoms with van der Waals surface area (Å²) in [6, 6.07) is -0.0467. The van der Waals surface area contributed by atoms with E-state index in [4.69, 9.17) is 10.5 Å². The first kappa shape index (κ1) is 15.0. The maximum atomic E-state index is 12.6. The smallest absolute Gasteiger partial charge is 0.268 e. The van der Waals surface area contributed by atoms with Crippen LogP contribution in [0.2, 0.25) is 0 Å². The van der Waals surface area contributed by atoms with Gasteiger partial charge in [0.15, 0.2) is 5.13 Å². The molecule has 2 rings (SSSR count). The highest BCUT2D eigenvalue weighted by atomic mass is 32.1. The highest BCUT2D eigenvalue weighted by Crippen LogP contribution is 2.29. The molecule has 7 nitrogen and oxygen atoms in total. The topological polar surface area (TPSA) is 91.9 Å². The average Bonchev–Trinajstić information content (AvgIpc) is 2.81. The number of morpholine rings is 1. The van der Waals surface area contributed by atoms with Gasteiger partial charge in [0.2, 0.25) is 0 Å². The molecule has 0 aromatic carbocycles. The van der Waals surface area contributed by atoms with Crippen molar-refractivity contribution in [3.63, 3.8) is 0 Å². The number of hydrogen-bond acceptors (Lipinski definition) is 7. The van der Waals surface area contributed by atoms with Gasteiger partial charge < -0.3 is 25.4 Å². The number of nitrogens with zero attached hydrogens (tertiary/aromatic N) is 3. The molecular formula is C12H20N4O3S. The van der Waals surface area contributed by atoms with Gasteiger partial charge in [-0.3, -0.25) is 4.79 Å². The zero-order valence-electron chi connectivity index (χ0n) is 11.9. The Morgan fingerprint density at radius 2 is 2.35 bits per heavy atom. The summed E-state index contributed by atoms with van der Waals surface area (Å²) in [5.74, 6) is 0.102. The number of ether oxygens (including phenoxy) is 1. The van der Waals surface area contributed by atoms with Gasteiger partial charge in [0.05, 0.1) is 25.4 Å². The largest absolute Gasteiger partial charge is 0.394 e. The number of carbonyl (C=O) groups excluding carboxylic acids is 1. The maximum absolute atomic E-state index is 12.6. The van der Waals surface area contributed by atoms with Crippen LogP contribution in [0.25, 0.3) is 0 Å². The fourth-order valence-electron chi connectivity index (χ4n) is 2.01. The van der Waals surface area contributed by atoms with Crippen LogP contribution in [0.5, 0.6) is 0 Å². The van der Waals surface area contributed by atoms with Crippen molar-refractivity contribution in [3.8, 4) is 0 Å². The highest BCUT2D eigenvalue weighted by Gasteiger charge is 2.32. The Bertz CT molecular complexity index is 491. The Morgan fingerprint density at radius 1 is 1.65 bits per heavy atom. The fourth-order valence-corrected chi connectivity index (χ4v) is 2.87. The molecular weight excluding hydrogens is 280 g/mol. The number of hydrogen-bond donors (Lipinski definition) is 2.